The fourth-order valence-corrected chi connectivity index (χ4v) is 3.88. The van der Waals surface area contributed by atoms with Gasteiger partial charge in [0.2, 0.25) is 0 Å². The molecule has 1 unspecified atom stereocenters. The van der Waals surface area contributed by atoms with Gasteiger partial charge in [-0.2, -0.15) is 0 Å². The van der Waals surface area contributed by atoms with Crippen molar-refractivity contribution in [3.05, 3.63) is 0 Å². The van der Waals surface area contributed by atoms with E-state index in [1.54, 1.807) is 0 Å². The summed E-state index contributed by atoms with van der Waals surface area (Å²) >= 11 is 0. The Hall–Kier alpha value is -1.39. The van der Waals surface area contributed by atoms with Gasteiger partial charge in [-0.05, 0) is 31.4 Å². The summed E-state index contributed by atoms with van der Waals surface area (Å²) in [4.78, 5) is 16.1. The number of hydrogen-bond donors (Lipinski definition) is 3. The topological polar surface area (TPSA) is 91.3 Å². The van der Waals surface area contributed by atoms with Crippen LogP contribution in [0, 0.1) is 29.1 Å². The molecule has 0 aromatic rings. The number of carbonyl (C=O) groups excluding carboxylic acids is 1. The number of hydrogen-bond acceptors (Lipinski definition) is 3. The van der Waals surface area contributed by atoms with Gasteiger partial charge in [0, 0.05) is 17.9 Å². The van der Waals surface area contributed by atoms with Gasteiger partial charge in [-0.3, -0.25) is 10.4 Å². The van der Waals surface area contributed by atoms with Gasteiger partial charge in [0.05, 0.1) is 6.04 Å². The van der Waals surface area contributed by atoms with E-state index in [9.17, 15) is 4.79 Å². The van der Waals surface area contributed by atoms with Crippen LogP contribution in [0.3, 0.4) is 0 Å². The lowest BCUT2D eigenvalue weighted by Gasteiger charge is -2.34. The molecule has 1 aliphatic carbocycles. The first kappa shape index (κ1) is 17.7. The van der Waals surface area contributed by atoms with Crippen LogP contribution < -0.4 is 11.1 Å². The Kier molecular flexibility index (Phi) is 6.85. The molecule has 5 nitrogen and oxygen atoms in total. The number of nitrogens with zero attached hydrogens (tertiary/aromatic N) is 1. The van der Waals surface area contributed by atoms with Crippen LogP contribution in [-0.2, 0) is 4.79 Å². The molecule has 0 aliphatic heterocycles. The third kappa shape index (κ3) is 4.05. The van der Waals surface area contributed by atoms with E-state index in [4.69, 9.17) is 16.1 Å². The largest absolute Gasteiger partial charge is 0.370 e. The van der Waals surface area contributed by atoms with Gasteiger partial charge in [-0.25, -0.2) is 0 Å². The maximum Gasteiger partial charge on any atom is 0.185 e. The number of nitrogens with two attached hydrogens (primary N) is 1. The van der Waals surface area contributed by atoms with E-state index in [0.717, 1.165) is 25.5 Å². The van der Waals surface area contributed by atoms with Crippen molar-refractivity contribution in [3.8, 4) is 0 Å². The predicted molar refractivity (Wildman–Crippen MR) is 87.7 cm³/mol. The smallest absolute Gasteiger partial charge is 0.185 e. The Morgan fingerprint density at radius 3 is 2.52 bits per heavy atom. The summed E-state index contributed by atoms with van der Waals surface area (Å²) in [6.07, 6.45) is 5.80. The predicted octanol–water partition coefficient (Wildman–Crippen LogP) is 2.20. The Morgan fingerprint density at radius 2 is 2.10 bits per heavy atom. The number of guanidine groups is 1. The van der Waals surface area contributed by atoms with Gasteiger partial charge in [-0.1, -0.05) is 33.6 Å². The monoisotopic (exact) mass is 294 g/mol. The summed E-state index contributed by atoms with van der Waals surface area (Å²) in [5.41, 5.74) is 5.53. The van der Waals surface area contributed by atoms with E-state index >= 15 is 0 Å². The van der Waals surface area contributed by atoms with Crippen molar-refractivity contribution < 1.29 is 4.79 Å². The zero-order valence-corrected chi connectivity index (χ0v) is 13.7. The summed E-state index contributed by atoms with van der Waals surface area (Å²) < 4.78 is 0. The van der Waals surface area contributed by atoms with Crippen LogP contribution >= 0.6 is 0 Å². The zero-order chi connectivity index (χ0) is 16.0. The maximum atomic E-state index is 11.3. The summed E-state index contributed by atoms with van der Waals surface area (Å²) in [5, 5.41) is 10.6. The maximum absolute atomic E-state index is 11.3. The van der Waals surface area contributed by atoms with Crippen LogP contribution in [0.5, 0.6) is 0 Å². The van der Waals surface area contributed by atoms with Gasteiger partial charge >= 0.3 is 0 Å². The Balaban J connectivity index is 3.09. The van der Waals surface area contributed by atoms with Crippen molar-refractivity contribution in [2.45, 2.75) is 59.0 Å². The molecule has 0 amide bonds. The Morgan fingerprint density at radius 1 is 1.48 bits per heavy atom. The number of carbonyl (C=O) groups is 1. The molecule has 21 heavy (non-hydrogen) atoms. The molecule has 1 aliphatic rings. The molecule has 0 aromatic carbocycles. The molecule has 0 heterocycles. The highest BCUT2D eigenvalue weighted by atomic mass is 16.1. The first-order chi connectivity index (χ1) is 9.99. The standard InChI is InChI=1S/C16H30N4O/c1-5-11(6-2)15(19-7-3)14-10(4)12(9-21)8-13(14)20-16(17)18/h7,9-15H,5-6,8H2,1-4H3,(H4,17,18,20)/b19-7+/t10-,12-,13-,14-,15?/m1/s1. The molecule has 0 aromatic heterocycles. The van der Waals surface area contributed by atoms with Crippen molar-refractivity contribution in [1.82, 2.24) is 5.32 Å². The third-order valence-corrected chi connectivity index (χ3v) is 5.04. The molecule has 5 heteroatoms. The first-order valence-corrected chi connectivity index (χ1v) is 8.03. The van der Waals surface area contributed by atoms with Gasteiger partial charge in [0.15, 0.2) is 5.96 Å². The molecule has 4 N–H and O–H groups in total. The van der Waals surface area contributed by atoms with Crippen LogP contribution in [0.25, 0.3) is 0 Å². The van der Waals surface area contributed by atoms with Crippen molar-refractivity contribution in [2.75, 3.05) is 0 Å². The zero-order valence-electron chi connectivity index (χ0n) is 13.7. The minimum atomic E-state index is -0.0208. The number of rotatable bonds is 7. The van der Waals surface area contributed by atoms with Crippen molar-refractivity contribution in [2.24, 2.45) is 34.4 Å². The van der Waals surface area contributed by atoms with E-state index in [1.165, 1.54) is 0 Å². The molecule has 0 spiro atoms. The molecule has 1 rings (SSSR count). The van der Waals surface area contributed by atoms with E-state index in [-0.39, 0.29) is 35.8 Å². The van der Waals surface area contributed by atoms with Crippen LogP contribution in [-0.4, -0.2) is 30.5 Å². The van der Waals surface area contributed by atoms with Crippen LogP contribution in [0.4, 0.5) is 0 Å². The number of aliphatic imine (C=N–C) groups is 1. The lowest BCUT2D eigenvalue weighted by Crippen LogP contribution is -2.47. The highest BCUT2D eigenvalue weighted by molar-refractivity contribution is 5.74. The lowest BCUT2D eigenvalue weighted by atomic mass is 9.77. The highest BCUT2D eigenvalue weighted by Gasteiger charge is 2.46. The van der Waals surface area contributed by atoms with Crippen LogP contribution in [0.2, 0.25) is 0 Å². The first-order valence-electron chi connectivity index (χ1n) is 8.03. The normalized spacial score (nSPS) is 30.7. The minimum Gasteiger partial charge on any atom is -0.370 e. The Labute approximate surface area is 128 Å². The Bertz CT molecular complexity index is 378. The minimum absolute atomic E-state index is 0.0208. The van der Waals surface area contributed by atoms with Gasteiger partial charge < -0.3 is 15.8 Å². The summed E-state index contributed by atoms with van der Waals surface area (Å²) in [7, 11) is 0. The van der Waals surface area contributed by atoms with Gasteiger partial charge in [0.1, 0.15) is 6.29 Å². The quantitative estimate of drug-likeness (QED) is 0.382. The van der Waals surface area contributed by atoms with E-state index in [2.05, 4.69) is 26.1 Å². The fraction of sp³-hybridized carbons (Fsp3) is 0.812. The van der Waals surface area contributed by atoms with Crippen LogP contribution in [0.1, 0.15) is 47.0 Å². The van der Waals surface area contributed by atoms with E-state index in [1.807, 2.05) is 13.1 Å². The molecule has 120 valence electrons. The van der Waals surface area contributed by atoms with Crippen molar-refractivity contribution >= 4 is 18.5 Å². The second-order valence-corrected chi connectivity index (χ2v) is 6.11. The lowest BCUT2D eigenvalue weighted by molar-refractivity contribution is -0.112. The summed E-state index contributed by atoms with van der Waals surface area (Å²) in [5.74, 6) is 0.998. The molecule has 0 radical (unpaired) electrons. The number of aldehydes is 1. The second kappa shape index (κ2) is 8.15. The number of nitrogens with one attached hydrogen (secondary N) is 2. The van der Waals surface area contributed by atoms with Crippen molar-refractivity contribution in [3.63, 3.8) is 0 Å². The average molecular weight is 294 g/mol. The van der Waals surface area contributed by atoms with E-state index < -0.39 is 0 Å². The molecule has 1 saturated carbocycles. The molecular formula is C16H30N4O. The molecule has 0 saturated heterocycles. The van der Waals surface area contributed by atoms with Crippen molar-refractivity contribution in [1.29, 1.82) is 5.41 Å². The van der Waals surface area contributed by atoms with Crippen LogP contribution in [0.15, 0.2) is 4.99 Å². The van der Waals surface area contributed by atoms with E-state index in [0.29, 0.717) is 5.92 Å². The average Bonchev–Trinajstić information content (AvgIpc) is 2.74. The SMILES string of the molecule is C/C=N/C(C(CC)CC)[C@@H]1[C@H](C)[C@@H](C=O)C[C@H]1NC(=N)N. The molecule has 1 fully saturated rings. The molecule has 0 bridgehead atoms. The fourth-order valence-electron chi connectivity index (χ4n) is 3.88. The van der Waals surface area contributed by atoms with Gasteiger partial charge in [-0.15, -0.1) is 0 Å². The summed E-state index contributed by atoms with van der Waals surface area (Å²) in [6, 6.07) is 0.240. The van der Waals surface area contributed by atoms with Gasteiger partial charge in [0.25, 0.3) is 0 Å². The highest BCUT2D eigenvalue weighted by Crippen LogP contribution is 2.42. The molecule has 5 atom stereocenters. The third-order valence-electron chi connectivity index (χ3n) is 5.04. The molecular weight excluding hydrogens is 264 g/mol. The summed E-state index contributed by atoms with van der Waals surface area (Å²) in [6.45, 7) is 8.46. The second-order valence-electron chi connectivity index (χ2n) is 6.11.